The Morgan fingerprint density at radius 3 is 2.67 bits per heavy atom. The van der Waals surface area contributed by atoms with Crippen molar-refractivity contribution in [3.8, 4) is 11.6 Å². The number of ether oxygens (including phenoxy) is 1. The van der Waals surface area contributed by atoms with Gasteiger partial charge in [0.05, 0.1) is 11.3 Å². The molecule has 0 bridgehead atoms. The number of aromatic amines is 1. The van der Waals surface area contributed by atoms with E-state index in [0.29, 0.717) is 42.9 Å². The summed E-state index contributed by atoms with van der Waals surface area (Å²) in [5, 5.41) is 18.2. The summed E-state index contributed by atoms with van der Waals surface area (Å²) in [4.78, 5) is 26.8. The van der Waals surface area contributed by atoms with E-state index in [1.165, 1.54) is 6.07 Å². The number of oxime groups is 1. The van der Waals surface area contributed by atoms with Crippen LogP contribution in [-0.4, -0.2) is 71.5 Å². The molecule has 0 aliphatic carbocycles. The van der Waals surface area contributed by atoms with Gasteiger partial charge in [0.2, 0.25) is 0 Å². The van der Waals surface area contributed by atoms with Crippen molar-refractivity contribution in [3.63, 3.8) is 0 Å². The third-order valence-corrected chi connectivity index (χ3v) is 5.65. The Morgan fingerprint density at radius 2 is 1.92 bits per heavy atom. The molecule has 1 fully saturated rings. The van der Waals surface area contributed by atoms with Gasteiger partial charge in [-0.15, -0.1) is 25.6 Å². The third-order valence-electron chi connectivity index (χ3n) is 5.65. The van der Waals surface area contributed by atoms with Gasteiger partial charge in [-0.1, -0.05) is 23.4 Å². The lowest BCUT2D eigenvalue weighted by Gasteiger charge is -2.26. The van der Waals surface area contributed by atoms with Crippen LogP contribution < -0.4 is 10.1 Å². The molecule has 2 aliphatic heterocycles. The minimum absolute atomic E-state index is 0. The van der Waals surface area contributed by atoms with Crippen molar-refractivity contribution in [2.45, 2.75) is 6.36 Å². The van der Waals surface area contributed by atoms with E-state index < -0.39 is 12.1 Å². The molecule has 2 aliphatic rings. The Hall–Kier alpha value is -3.77. The molecule has 0 saturated carbocycles. The first-order chi connectivity index (χ1) is 16.8. The predicted octanol–water partition coefficient (Wildman–Crippen LogP) is 3.48. The van der Waals surface area contributed by atoms with Crippen LogP contribution in [0.2, 0.25) is 0 Å². The van der Waals surface area contributed by atoms with Crippen molar-refractivity contribution in [3.05, 3.63) is 53.6 Å². The van der Waals surface area contributed by atoms with Gasteiger partial charge in [0.25, 0.3) is 5.91 Å². The topological polar surface area (TPSA) is 112 Å². The summed E-state index contributed by atoms with van der Waals surface area (Å²) in [6.07, 6.45) is -4.87. The Labute approximate surface area is 209 Å². The first-order valence-corrected chi connectivity index (χ1v) is 10.8. The number of rotatable bonds is 5. The summed E-state index contributed by atoms with van der Waals surface area (Å²) in [5.41, 5.74) is 2.07. The van der Waals surface area contributed by atoms with E-state index in [0.717, 1.165) is 12.1 Å². The Balaban J connectivity index is 0.00000304. The second-order valence-electron chi connectivity index (χ2n) is 7.93. The normalized spacial score (nSPS) is 16.5. The lowest BCUT2D eigenvalue weighted by molar-refractivity contribution is -0.274. The van der Waals surface area contributed by atoms with Crippen LogP contribution in [0.3, 0.4) is 0 Å². The molecule has 3 heterocycles. The van der Waals surface area contributed by atoms with Gasteiger partial charge in [-0.2, -0.15) is 0 Å². The highest BCUT2D eigenvalue weighted by atomic mass is 35.5. The van der Waals surface area contributed by atoms with Gasteiger partial charge in [0.1, 0.15) is 17.2 Å². The molecule has 0 radical (unpaired) electrons. The number of H-pyrrole nitrogens is 1. The molecule has 2 aromatic carbocycles. The van der Waals surface area contributed by atoms with Gasteiger partial charge < -0.3 is 29.9 Å². The maximum absolute atomic E-state index is 12.8. The monoisotopic (exact) mass is 523 g/mol. The van der Waals surface area contributed by atoms with Crippen molar-refractivity contribution in [2.75, 3.05) is 32.8 Å². The second-order valence-corrected chi connectivity index (χ2v) is 7.93. The molecule has 0 unspecified atom stereocenters. The highest BCUT2D eigenvalue weighted by Gasteiger charge is 2.33. The van der Waals surface area contributed by atoms with E-state index in [9.17, 15) is 23.1 Å². The van der Waals surface area contributed by atoms with Gasteiger partial charge in [0, 0.05) is 42.6 Å². The summed E-state index contributed by atoms with van der Waals surface area (Å²) in [6, 6.07) is 10.7. The summed E-state index contributed by atoms with van der Waals surface area (Å²) in [5.74, 6) is -0.970. The molecule has 3 N–H and O–H groups in total. The second kappa shape index (κ2) is 10.1. The molecule has 1 amide bonds. The van der Waals surface area contributed by atoms with Crippen molar-refractivity contribution in [1.29, 1.82) is 0 Å². The van der Waals surface area contributed by atoms with Crippen molar-refractivity contribution in [2.24, 2.45) is 10.1 Å². The molecule has 3 aromatic rings. The van der Waals surface area contributed by atoms with Crippen LogP contribution in [0.5, 0.6) is 11.6 Å². The highest BCUT2D eigenvalue weighted by molar-refractivity contribution is 6.58. The fraction of sp³-hybridized carbons (Fsp3) is 0.261. The Morgan fingerprint density at radius 1 is 1.17 bits per heavy atom. The van der Waals surface area contributed by atoms with Gasteiger partial charge in [-0.3, -0.25) is 4.79 Å². The molecule has 190 valence electrons. The number of nitrogens with zero attached hydrogens (tertiary/aromatic N) is 3. The summed E-state index contributed by atoms with van der Waals surface area (Å²) in [7, 11) is 0. The molecule has 0 atom stereocenters. The lowest BCUT2D eigenvalue weighted by Crippen LogP contribution is -2.47. The zero-order valence-corrected chi connectivity index (χ0v) is 19.4. The Bertz CT molecular complexity index is 1350. The van der Waals surface area contributed by atoms with Crippen LogP contribution in [0.15, 0.2) is 52.6 Å². The molecule has 0 spiro atoms. The summed E-state index contributed by atoms with van der Waals surface area (Å²) < 4.78 is 42.3. The van der Waals surface area contributed by atoms with Crippen LogP contribution in [0.1, 0.15) is 11.1 Å². The van der Waals surface area contributed by atoms with E-state index in [2.05, 4.69) is 25.2 Å². The van der Waals surface area contributed by atoms with Crippen LogP contribution in [0.4, 0.5) is 18.9 Å². The summed E-state index contributed by atoms with van der Waals surface area (Å²) in [6.45, 7) is 2.25. The number of fused-ring (bicyclic) bond motifs is 2. The largest absolute Gasteiger partial charge is 0.573 e. The quantitative estimate of drug-likeness (QED) is 0.443. The van der Waals surface area contributed by atoms with E-state index in [4.69, 9.17) is 4.84 Å². The van der Waals surface area contributed by atoms with Gasteiger partial charge >= 0.3 is 6.36 Å². The molecular formula is C23H21ClF3N5O4. The van der Waals surface area contributed by atoms with Crippen LogP contribution >= 0.6 is 12.4 Å². The fourth-order valence-corrected chi connectivity index (χ4v) is 4.09. The van der Waals surface area contributed by atoms with Crippen molar-refractivity contribution < 1.29 is 32.6 Å². The number of alkyl halides is 3. The highest BCUT2D eigenvalue weighted by Crippen LogP contribution is 2.37. The predicted molar refractivity (Wildman–Crippen MR) is 128 cm³/mol. The molecule has 5 rings (SSSR count). The van der Waals surface area contributed by atoms with E-state index in [1.54, 1.807) is 29.2 Å². The number of aromatic hydroxyl groups is 1. The number of carbonyl (C=O) groups is 1. The molecule has 1 aromatic heterocycles. The number of aliphatic imine (C=N–C) groups is 1. The Kier molecular flexibility index (Phi) is 7.09. The zero-order valence-electron chi connectivity index (χ0n) is 18.6. The van der Waals surface area contributed by atoms with Crippen LogP contribution in [0, 0.1) is 0 Å². The van der Waals surface area contributed by atoms with E-state index in [1.807, 2.05) is 0 Å². The number of halogens is 4. The van der Waals surface area contributed by atoms with Gasteiger partial charge in [-0.25, -0.2) is 4.99 Å². The average molecular weight is 524 g/mol. The van der Waals surface area contributed by atoms with Crippen molar-refractivity contribution >= 4 is 46.3 Å². The minimum Gasteiger partial charge on any atom is -0.494 e. The lowest BCUT2D eigenvalue weighted by atomic mass is 10.0. The molecule has 1 saturated heterocycles. The number of hydrogen-bond acceptors (Lipinski definition) is 7. The number of amides is 1. The third kappa shape index (κ3) is 5.09. The molecule has 36 heavy (non-hydrogen) atoms. The smallest absolute Gasteiger partial charge is 0.494 e. The van der Waals surface area contributed by atoms with Crippen LogP contribution in [-0.2, 0) is 9.63 Å². The molecule has 9 nitrogen and oxygen atoms in total. The maximum Gasteiger partial charge on any atom is 0.573 e. The van der Waals surface area contributed by atoms with Crippen molar-refractivity contribution in [1.82, 2.24) is 15.2 Å². The van der Waals surface area contributed by atoms with Gasteiger partial charge in [0.15, 0.2) is 12.5 Å². The van der Waals surface area contributed by atoms with Crippen LogP contribution in [0.25, 0.3) is 10.9 Å². The number of nitrogens with one attached hydrogen (secondary N) is 2. The number of hydrogen-bond donors (Lipinski definition) is 3. The maximum atomic E-state index is 12.8. The van der Waals surface area contributed by atoms with E-state index >= 15 is 0 Å². The number of para-hydroxylation sites is 1. The first-order valence-electron chi connectivity index (χ1n) is 10.8. The number of piperazine rings is 1. The fourth-order valence-electron chi connectivity index (χ4n) is 4.09. The average Bonchev–Trinajstić information content (AvgIpc) is 3.34. The van der Waals surface area contributed by atoms with E-state index in [-0.39, 0.29) is 53.2 Å². The number of carbonyl (C=O) groups excluding carboxylic acids is 1. The SMILES string of the molecule is Cl.O=C(CO/N=C1/C(c2c(O)[nH]c3ccc(OC(F)(F)F)cc23)=Nc2ccccc21)N1CCNCC1. The zero-order chi connectivity index (χ0) is 24.6. The van der Waals surface area contributed by atoms with Gasteiger partial charge in [-0.05, 0) is 24.3 Å². The number of aromatic nitrogens is 1. The molecular weight excluding hydrogens is 503 g/mol. The standard InChI is InChI=1S/C23H20F3N5O4.ClH/c24-23(25,26)35-13-5-6-17-15(11-13)19(22(33)29-17)21-20(14-3-1-2-4-16(14)28-21)30-34-12-18(32)31-9-7-27-8-10-31;/h1-6,11,27,29,33H,7-10,12H2;1H/b30-20+;. The number of benzene rings is 2. The first kappa shape index (κ1) is 25.3. The minimum atomic E-state index is -4.87. The summed E-state index contributed by atoms with van der Waals surface area (Å²) >= 11 is 0. The molecule has 13 heteroatoms.